The molecule has 0 spiro atoms. The number of hydrogen-bond donors (Lipinski definition) is 0. The summed E-state index contributed by atoms with van der Waals surface area (Å²) in [7, 11) is 0. The van der Waals surface area contributed by atoms with Crippen molar-refractivity contribution in [2.24, 2.45) is 5.41 Å². The molecule has 0 rings (SSSR count). The van der Waals surface area contributed by atoms with E-state index in [2.05, 4.69) is 13.2 Å². The van der Waals surface area contributed by atoms with E-state index in [0.29, 0.717) is 0 Å². The maximum Gasteiger partial charge on any atom is 0.379 e. The van der Waals surface area contributed by atoms with Gasteiger partial charge in [0.05, 0.1) is 11.0 Å². The molecule has 23 heavy (non-hydrogen) atoms. The quantitative estimate of drug-likeness (QED) is 0.327. The van der Waals surface area contributed by atoms with Gasteiger partial charge in [-0.2, -0.15) is 0 Å². The lowest BCUT2D eigenvalue weighted by molar-refractivity contribution is -0.156. The minimum Gasteiger partial charge on any atom is -0.459 e. The number of ether oxygens (including phenoxy) is 2. The highest BCUT2D eigenvalue weighted by molar-refractivity contribution is 6.38. The molecule has 0 aliphatic carbocycles. The lowest BCUT2D eigenvalue weighted by atomic mass is 9.83. The Bertz CT molecular complexity index is 513. The van der Waals surface area contributed by atoms with Gasteiger partial charge in [0.2, 0.25) is 0 Å². The standard InChI is InChI=1S/C17H24O6/c1-7-12(18)10-23-17(5,6)9-14(20)16(3,4)11-22-15(21)13(19)8-2/h7-8H,1-2,9-11H2,3-6H3. The maximum absolute atomic E-state index is 12.4. The van der Waals surface area contributed by atoms with Crippen LogP contribution in [0.1, 0.15) is 34.1 Å². The second kappa shape index (κ2) is 8.53. The Kier molecular flexibility index (Phi) is 7.75. The molecule has 6 nitrogen and oxygen atoms in total. The summed E-state index contributed by atoms with van der Waals surface area (Å²) in [6.07, 6.45) is 2.03. The average Bonchev–Trinajstić information content (AvgIpc) is 2.48. The zero-order chi connectivity index (χ0) is 18.3. The molecule has 0 atom stereocenters. The second-order valence-corrected chi connectivity index (χ2v) is 6.35. The first-order valence-electron chi connectivity index (χ1n) is 7.11. The second-order valence-electron chi connectivity index (χ2n) is 6.35. The Balaban J connectivity index is 4.64. The molecule has 0 radical (unpaired) electrons. The fraction of sp³-hybridized carbons (Fsp3) is 0.529. The smallest absolute Gasteiger partial charge is 0.379 e. The third kappa shape index (κ3) is 7.65. The molecule has 0 unspecified atom stereocenters. The summed E-state index contributed by atoms with van der Waals surface area (Å²) in [6.45, 7) is 12.7. The molecule has 0 bridgehead atoms. The first kappa shape index (κ1) is 20.9. The summed E-state index contributed by atoms with van der Waals surface area (Å²) in [5.41, 5.74) is -1.84. The summed E-state index contributed by atoms with van der Waals surface area (Å²) >= 11 is 0. The largest absolute Gasteiger partial charge is 0.459 e. The number of hydrogen-bond acceptors (Lipinski definition) is 6. The number of carbonyl (C=O) groups excluding carboxylic acids is 4. The van der Waals surface area contributed by atoms with Gasteiger partial charge in [0.15, 0.2) is 5.78 Å². The fourth-order valence-corrected chi connectivity index (χ4v) is 1.48. The van der Waals surface area contributed by atoms with E-state index in [9.17, 15) is 19.2 Å². The predicted molar refractivity (Wildman–Crippen MR) is 84.8 cm³/mol. The third-order valence-electron chi connectivity index (χ3n) is 3.12. The van der Waals surface area contributed by atoms with Crippen LogP contribution in [0.4, 0.5) is 0 Å². The first-order chi connectivity index (χ1) is 10.4. The highest BCUT2D eigenvalue weighted by atomic mass is 16.5. The Morgan fingerprint density at radius 1 is 1.00 bits per heavy atom. The van der Waals surface area contributed by atoms with Gasteiger partial charge in [0, 0.05) is 6.42 Å². The lowest BCUT2D eigenvalue weighted by Crippen LogP contribution is -2.38. The zero-order valence-corrected chi connectivity index (χ0v) is 14.1. The van der Waals surface area contributed by atoms with Crippen molar-refractivity contribution < 1.29 is 28.7 Å². The van der Waals surface area contributed by atoms with E-state index < -0.39 is 22.8 Å². The molecule has 0 aromatic carbocycles. The van der Waals surface area contributed by atoms with E-state index in [0.717, 1.165) is 12.2 Å². The van der Waals surface area contributed by atoms with Crippen LogP contribution in [0.25, 0.3) is 0 Å². The molecule has 0 heterocycles. The van der Waals surface area contributed by atoms with Crippen LogP contribution in [0.2, 0.25) is 0 Å². The van der Waals surface area contributed by atoms with Gasteiger partial charge in [-0.25, -0.2) is 4.79 Å². The van der Waals surface area contributed by atoms with Crippen LogP contribution in [0, 0.1) is 5.41 Å². The van der Waals surface area contributed by atoms with E-state index in [4.69, 9.17) is 9.47 Å². The molecule has 0 amide bonds. The molecule has 0 aromatic heterocycles. The molecule has 0 aliphatic rings. The molecule has 6 heteroatoms. The van der Waals surface area contributed by atoms with Crippen molar-refractivity contribution in [3.63, 3.8) is 0 Å². The first-order valence-corrected chi connectivity index (χ1v) is 7.11. The van der Waals surface area contributed by atoms with Gasteiger partial charge in [-0.05, 0) is 39.8 Å². The monoisotopic (exact) mass is 324 g/mol. The van der Waals surface area contributed by atoms with Crippen molar-refractivity contribution in [2.45, 2.75) is 39.7 Å². The van der Waals surface area contributed by atoms with E-state index in [1.54, 1.807) is 27.7 Å². The van der Waals surface area contributed by atoms with Crippen molar-refractivity contribution in [2.75, 3.05) is 13.2 Å². The normalized spacial score (nSPS) is 11.5. The highest BCUT2D eigenvalue weighted by Crippen LogP contribution is 2.25. The van der Waals surface area contributed by atoms with Gasteiger partial charge < -0.3 is 9.47 Å². The molecule has 0 saturated carbocycles. The van der Waals surface area contributed by atoms with Crippen molar-refractivity contribution in [1.29, 1.82) is 0 Å². The van der Waals surface area contributed by atoms with Crippen LogP contribution in [0.3, 0.4) is 0 Å². The zero-order valence-electron chi connectivity index (χ0n) is 14.1. The van der Waals surface area contributed by atoms with Gasteiger partial charge in [-0.15, -0.1) is 0 Å². The predicted octanol–water partition coefficient (Wildman–Crippen LogP) is 1.82. The number of Topliss-reactive ketones (excluding diaryl/α,β-unsaturated/α-hetero) is 1. The minimum absolute atomic E-state index is 0.0252. The molecular weight excluding hydrogens is 300 g/mol. The number of esters is 1. The molecular formula is C17H24O6. The summed E-state index contributed by atoms with van der Waals surface area (Å²) in [5.74, 6) is -2.40. The van der Waals surface area contributed by atoms with E-state index in [1.807, 2.05) is 0 Å². The van der Waals surface area contributed by atoms with Crippen LogP contribution >= 0.6 is 0 Å². The number of carbonyl (C=O) groups is 4. The Morgan fingerprint density at radius 3 is 2.04 bits per heavy atom. The van der Waals surface area contributed by atoms with Crippen molar-refractivity contribution in [3.05, 3.63) is 25.3 Å². The van der Waals surface area contributed by atoms with Crippen LogP contribution in [0.15, 0.2) is 25.3 Å². The van der Waals surface area contributed by atoms with E-state index >= 15 is 0 Å². The number of rotatable bonds is 11. The van der Waals surface area contributed by atoms with Gasteiger partial charge >= 0.3 is 5.97 Å². The van der Waals surface area contributed by atoms with Gasteiger partial charge in [-0.3, -0.25) is 14.4 Å². The van der Waals surface area contributed by atoms with E-state index in [-0.39, 0.29) is 31.2 Å². The van der Waals surface area contributed by atoms with Crippen LogP contribution in [-0.2, 0) is 28.7 Å². The number of ketones is 3. The SMILES string of the molecule is C=CC(=O)COC(C)(C)CC(=O)C(C)(C)COC(=O)C(=O)C=C. The molecule has 128 valence electrons. The van der Waals surface area contributed by atoms with Crippen LogP contribution < -0.4 is 0 Å². The van der Waals surface area contributed by atoms with Gasteiger partial charge in [0.1, 0.15) is 19.0 Å². The average molecular weight is 324 g/mol. The van der Waals surface area contributed by atoms with Crippen molar-refractivity contribution in [1.82, 2.24) is 0 Å². The fourth-order valence-electron chi connectivity index (χ4n) is 1.48. The third-order valence-corrected chi connectivity index (χ3v) is 3.12. The molecule has 0 fully saturated rings. The Labute approximate surface area is 136 Å². The molecule has 0 aliphatic heterocycles. The topological polar surface area (TPSA) is 86.7 Å². The molecule has 0 saturated heterocycles. The Hall–Kier alpha value is -2.08. The van der Waals surface area contributed by atoms with Crippen molar-refractivity contribution in [3.8, 4) is 0 Å². The lowest BCUT2D eigenvalue weighted by Gasteiger charge is -2.29. The summed E-state index contributed by atoms with van der Waals surface area (Å²) in [4.78, 5) is 45.9. The van der Waals surface area contributed by atoms with E-state index in [1.165, 1.54) is 0 Å². The van der Waals surface area contributed by atoms with Gasteiger partial charge in [0.25, 0.3) is 5.78 Å². The Morgan fingerprint density at radius 2 is 1.57 bits per heavy atom. The van der Waals surface area contributed by atoms with Crippen molar-refractivity contribution >= 4 is 23.3 Å². The summed E-state index contributed by atoms with van der Waals surface area (Å²) < 4.78 is 10.2. The minimum atomic E-state index is -1.05. The maximum atomic E-state index is 12.4. The molecule has 0 aromatic rings. The van der Waals surface area contributed by atoms with Crippen LogP contribution in [0.5, 0.6) is 0 Å². The molecule has 0 N–H and O–H groups in total. The summed E-state index contributed by atoms with van der Waals surface area (Å²) in [5, 5.41) is 0. The highest BCUT2D eigenvalue weighted by Gasteiger charge is 2.34. The van der Waals surface area contributed by atoms with Crippen LogP contribution in [-0.4, -0.2) is 42.1 Å². The van der Waals surface area contributed by atoms with Gasteiger partial charge in [-0.1, -0.05) is 13.2 Å². The summed E-state index contributed by atoms with van der Waals surface area (Å²) in [6, 6.07) is 0.